The predicted molar refractivity (Wildman–Crippen MR) is 89.7 cm³/mol. The van der Waals surface area contributed by atoms with Crippen LogP contribution in [-0.4, -0.2) is 18.4 Å². The van der Waals surface area contributed by atoms with Crippen molar-refractivity contribution in [1.82, 2.24) is 0 Å². The molecule has 3 atom stereocenters. The van der Waals surface area contributed by atoms with Crippen LogP contribution in [0.2, 0.25) is 0 Å². The second-order valence-corrected chi connectivity index (χ2v) is 8.38. The highest BCUT2D eigenvalue weighted by Crippen LogP contribution is 2.46. The first-order chi connectivity index (χ1) is 12.0. The molecule has 3 unspecified atom stereocenters. The fourth-order valence-electron chi connectivity index (χ4n) is 5.18. The smallest absolute Gasteiger partial charge is 0.317 e. The van der Waals surface area contributed by atoms with Crippen LogP contribution < -0.4 is 0 Å². The Morgan fingerprint density at radius 1 is 0.840 bits per heavy atom. The molecule has 142 valence electrons. The topological polar surface area (TPSA) is 33.0 Å². The fourth-order valence-corrected chi connectivity index (χ4v) is 5.18. The minimum absolute atomic E-state index is 0.0478. The van der Waals surface area contributed by atoms with Gasteiger partial charge in [0.1, 0.15) is 6.17 Å². The normalized spacial score (nSPS) is 38.2. The highest BCUT2D eigenvalue weighted by Gasteiger charge is 2.50. The molecular formula is C20H30F3NO. The number of alkyl halides is 3. The highest BCUT2D eigenvalue weighted by atomic mass is 19.3. The molecule has 3 saturated carbocycles. The Bertz CT molecular complexity index is 464. The Balaban J connectivity index is 1.51. The van der Waals surface area contributed by atoms with E-state index in [1.165, 1.54) is 19.3 Å². The Hall–Kier alpha value is -0.760. The van der Waals surface area contributed by atoms with Gasteiger partial charge < -0.3 is 4.74 Å². The molecule has 3 fully saturated rings. The maximum atomic E-state index is 14.6. The first kappa shape index (κ1) is 19.0. The number of ether oxygens (including phenoxy) is 1. The van der Waals surface area contributed by atoms with Gasteiger partial charge in [0.2, 0.25) is 0 Å². The lowest BCUT2D eigenvalue weighted by molar-refractivity contribution is -0.310. The van der Waals surface area contributed by atoms with Crippen LogP contribution >= 0.6 is 0 Å². The number of rotatable bonds is 4. The molecular weight excluding hydrogens is 327 g/mol. The Labute approximate surface area is 149 Å². The maximum Gasteiger partial charge on any atom is 0.361 e. The van der Waals surface area contributed by atoms with Crippen LogP contribution in [0.25, 0.3) is 0 Å². The minimum Gasteiger partial charge on any atom is -0.317 e. The van der Waals surface area contributed by atoms with Crippen LogP contribution in [0.3, 0.4) is 0 Å². The van der Waals surface area contributed by atoms with E-state index in [0.717, 1.165) is 12.8 Å². The summed E-state index contributed by atoms with van der Waals surface area (Å²) in [6, 6.07) is 2.19. The van der Waals surface area contributed by atoms with Crippen molar-refractivity contribution in [2.75, 3.05) is 0 Å². The molecule has 0 amide bonds. The molecule has 3 aliphatic rings. The molecule has 0 aromatic heterocycles. The van der Waals surface area contributed by atoms with Gasteiger partial charge in [-0.05, 0) is 56.8 Å². The van der Waals surface area contributed by atoms with Crippen LogP contribution in [0, 0.1) is 35.0 Å². The van der Waals surface area contributed by atoms with Gasteiger partial charge in [-0.3, -0.25) is 0 Å². The summed E-state index contributed by atoms with van der Waals surface area (Å²) in [5, 5.41) is 8.89. The van der Waals surface area contributed by atoms with Gasteiger partial charge in [0.25, 0.3) is 0 Å². The third kappa shape index (κ3) is 4.70. The van der Waals surface area contributed by atoms with E-state index in [4.69, 9.17) is 10.00 Å². The zero-order valence-corrected chi connectivity index (χ0v) is 14.9. The van der Waals surface area contributed by atoms with E-state index in [-0.39, 0.29) is 24.7 Å². The lowest BCUT2D eigenvalue weighted by Gasteiger charge is -2.41. The van der Waals surface area contributed by atoms with E-state index in [1.807, 2.05) is 0 Å². The van der Waals surface area contributed by atoms with Crippen molar-refractivity contribution in [2.45, 2.75) is 95.4 Å². The Morgan fingerprint density at radius 2 is 1.52 bits per heavy atom. The zero-order chi connectivity index (χ0) is 17.9. The van der Waals surface area contributed by atoms with E-state index in [9.17, 15) is 13.2 Å². The minimum atomic E-state index is -3.39. The number of nitrogens with zero attached hydrogens (tertiary/aromatic N) is 1. The van der Waals surface area contributed by atoms with Gasteiger partial charge in [-0.25, -0.2) is 4.39 Å². The van der Waals surface area contributed by atoms with E-state index in [1.54, 1.807) is 0 Å². The molecule has 5 heteroatoms. The van der Waals surface area contributed by atoms with Crippen molar-refractivity contribution < 1.29 is 17.9 Å². The molecule has 0 aromatic rings. The van der Waals surface area contributed by atoms with Gasteiger partial charge in [0, 0.05) is 5.92 Å². The third-order valence-electron chi connectivity index (χ3n) is 6.74. The summed E-state index contributed by atoms with van der Waals surface area (Å²) in [6.45, 7) is 0. The lowest BCUT2D eigenvalue weighted by Crippen LogP contribution is -2.45. The largest absolute Gasteiger partial charge is 0.361 e. The van der Waals surface area contributed by atoms with Gasteiger partial charge in [-0.15, -0.1) is 0 Å². The fraction of sp³-hybridized carbons (Fsp3) is 0.950. The summed E-state index contributed by atoms with van der Waals surface area (Å²) < 4.78 is 48.8. The summed E-state index contributed by atoms with van der Waals surface area (Å²) in [7, 11) is 0. The Kier molecular flexibility index (Phi) is 6.30. The second kappa shape index (κ2) is 8.29. The molecule has 3 rings (SSSR count). The van der Waals surface area contributed by atoms with E-state index in [0.29, 0.717) is 38.0 Å². The molecule has 0 bridgehead atoms. The number of nitriles is 1. The molecule has 2 nitrogen and oxygen atoms in total. The standard InChI is InChI=1S/C20H30F3NO/c21-19-12-16(15-4-2-1-3-5-15)8-11-18(19)20(22,23)25-17-9-6-14(13-24)7-10-17/h14-19H,1-12H2. The average molecular weight is 357 g/mol. The second-order valence-electron chi connectivity index (χ2n) is 8.38. The molecule has 0 aromatic carbocycles. The summed E-state index contributed by atoms with van der Waals surface area (Å²) in [5.41, 5.74) is 0. The number of halogens is 3. The van der Waals surface area contributed by atoms with Gasteiger partial charge in [-0.2, -0.15) is 14.0 Å². The summed E-state index contributed by atoms with van der Waals surface area (Å²) in [5.74, 6) is -0.550. The van der Waals surface area contributed by atoms with Crippen molar-refractivity contribution in [1.29, 1.82) is 5.26 Å². The predicted octanol–water partition coefficient (Wildman–Crippen LogP) is 6.01. The van der Waals surface area contributed by atoms with E-state index in [2.05, 4.69) is 6.07 Å². The number of hydrogen-bond acceptors (Lipinski definition) is 2. The molecule has 25 heavy (non-hydrogen) atoms. The SMILES string of the molecule is N#CC1CCC(OC(F)(F)C2CCC(C3CCCCC3)CC2F)CC1. The van der Waals surface area contributed by atoms with Crippen molar-refractivity contribution in [3.8, 4) is 6.07 Å². The van der Waals surface area contributed by atoms with Crippen LogP contribution in [0.4, 0.5) is 13.2 Å². The van der Waals surface area contributed by atoms with Gasteiger partial charge in [0.15, 0.2) is 0 Å². The summed E-state index contributed by atoms with van der Waals surface area (Å²) in [6.07, 6.45) is 3.89. The van der Waals surface area contributed by atoms with Crippen LogP contribution in [0.1, 0.15) is 77.0 Å². The van der Waals surface area contributed by atoms with Crippen LogP contribution in [0.15, 0.2) is 0 Å². The highest BCUT2D eigenvalue weighted by molar-refractivity contribution is 4.90. The molecule has 0 heterocycles. The van der Waals surface area contributed by atoms with Crippen LogP contribution in [0.5, 0.6) is 0 Å². The van der Waals surface area contributed by atoms with Crippen molar-refractivity contribution in [3.63, 3.8) is 0 Å². The van der Waals surface area contributed by atoms with E-state index >= 15 is 0 Å². The Morgan fingerprint density at radius 3 is 2.12 bits per heavy atom. The zero-order valence-electron chi connectivity index (χ0n) is 14.9. The van der Waals surface area contributed by atoms with Gasteiger partial charge in [-0.1, -0.05) is 32.1 Å². The first-order valence-electron chi connectivity index (χ1n) is 10.1. The monoisotopic (exact) mass is 357 g/mol. The average Bonchev–Trinajstić information content (AvgIpc) is 2.62. The van der Waals surface area contributed by atoms with Crippen molar-refractivity contribution in [3.05, 3.63) is 0 Å². The molecule has 0 saturated heterocycles. The van der Waals surface area contributed by atoms with Crippen molar-refractivity contribution >= 4 is 0 Å². The lowest BCUT2D eigenvalue weighted by atomic mass is 9.70. The van der Waals surface area contributed by atoms with Gasteiger partial charge in [0.05, 0.1) is 18.1 Å². The quantitative estimate of drug-likeness (QED) is 0.617. The molecule has 0 N–H and O–H groups in total. The van der Waals surface area contributed by atoms with Crippen molar-refractivity contribution in [2.24, 2.45) is 23.7 Å². The molecule has 0 radical (unpaired) electrons. The summed E-state index contributed by atoms with van der Waals surface area (Å²) in [4.78, 5) is 0. The summed E-state index contributed by atoms with van der Waals surface area (Å²) >= 11 is 0. The van der Waals surface area contributed by atoms with Crippen LogP contribution in [-0.2, 0) is 4.74 Å². The molecule has 0 aliphatic heterocycles. The first-order valence-corrected chi connectivity index (χ1v) is 10.1. The number of hydrogen-bond donors (Lipinski definition) is 0. The van der Waals surface area contributed by atoms with Gasteiger partial charge >= 0.3 is 6.11 Å². The van der Waals surface area contributed by atoms with E-state index < -0.39 is 24.3 Å². The third-order valence-corrected chi connectivity index (χ3v) is 6.74. The maximum absolute atomic E-state index is 14.6. The molecule has 0 spiro atoms. The molecule has 3 aliphatic carbocycles.